The number of ether oxygens (including phenoxy) is 1. The predicted octanol–water partition coefficient (Wildman–Crippen LogP) is 0.325. The van der Waals surface area contributed by atoms with Crippen LogP contribution in [0.4, 0.5) is 0 Å². The smallest absolute Gasteiger partial charge is 0.156 e. The van der Waals surface area contributed by atoms with Crippen molar-refractivity contribution >= 4 is 16.9 Å². The lowest BCUT2D eigenvalue weighted by molar-refractivity contribution is 0.144. The van der Waals surface area contributed by atoms with Crippen molar-refractivity contribution in [3.8, 4) is 0 Å². The summed E-state index contributed by atoms with van der Waals surface area (Å²) < 4.78 is 5.19. The van der Waals surface area contributed by atoms with Crippen LogP contribution >= 0.6 is 11.8 Å². The molecule has 0 saturated carbocycles. The predicted molar refractivity (Wildman–Crippen MR) is 44.6 cm³/mol. The van der Waals surface area contributed by atoms with E-state index < -0.39 is 0 Å². The second kappa shape index (κ2) is 4.57. The molecule has 1 heterocycles. The quantitative estimate of drug-likeness (QED) is 0.554. The molecule has 0 aromatic heterocycles. The summed E-state index contributed by atoms with van der Waals surface area (Å²) in [4.78, 5) is 4.25. The zero-order valence-corrected chi connectivity index (χ0v) is 6.91. The first-order valence-corrected chi connectivity index (χ1v) is 4.56. The molecule has 0 aromatic rings. The van der Waals surface area contributed by atoms with E-state index in [1.807, 2.05) is 6.26 Å². The molecule has 1 N–H and O–H groups in total. The Bertz CT molecular complexity index is 127. The van der Waals surface area contributed by atoms with Gasteiger partial charge >= 0.3 is 0 Å². The number of thioether (sulfide) groups is 1. The zero-order chi connectivity index (χ0) is 7.23. The SMILES string of the molecule is CSC1=NCCOCCN1. The van der Waals surface area contributed by atoms with Crippen molar-refractivity contribution in [2.45, 2.75) is 0 Å². The van der Waals surface area contributed by atoms with Gasteiger partial charge in [0, 0.05) is 6.54 Å². The summed E-state index contributed by atoms with van der Waals surface area (Å²) in [5.41, 5.74) is 0. The van der Waals surface area contributed by atoms with Crippen molar-refractivity contribution in [2.24, 2.45) is 4.99 Å². The summed E-state index contributed by atoms with van der Waals surface area (Å²) in [6.07, 6.45) is 2.02. The monoisotopic (exact) mass is 160 g/mol. The summed E-state index contributed by atoms with van der Waals surface area (Å²) in [6, 6.07) is 0. The maximum Gasteiger partial charge on any atom is 0.156 e. The summed E-state index contributed by atoms with van der Waals surface area (Å²) in [6.45, 7) is 3.20. The number of nitrogens with zero attached hydrogens (tertiary/aromatic N) is 1. The van der Waals surface area contributed by atoms with Gasteiger partial charge in [-0.05, 0) is 6.26 Å². The number of rotatable bonds is 0. The van der Waals surface area contributed by atoms with E-state index in [4.69, 9.17) is 4.74 Å². The van der Waals surface area contributed by atoms with Crippen LogP contribution in [0.25, 0.3) is 0 Å². The van der Waals surface area contributed by atoms with Crippen molar-refractivity contribution in [1.29, 1.82) is 0 Å². The first kappa shape index (κ1) is 7.88. The van der Waals surface area contributed by atoms with Crippen LogP contribution in [0.1, 0.15) is 0 Å². The van der Waals surface area contributed by atoms with Crippen LogP contribution in [0.5, 0.6) is 0 Å². The standard InChI is InChI=1S/C6H12N2OS/c1-10-6-7-2-4-9-5-3-8-6/h2-5H2,1H3,(H,7,8). The first-order chi connectivity index (χ1) is 4.93. The average molecular weight is 160 g/mol. The molecule has 0 aliphatic carbocycles. The Morgan fingerprint density at radius 2 is 2.50 bits per heavy atom. The van der Waals surface area contributed by atoms with E-state index in [-0.39, 0.29) is 0 Å². The Balaban J connectivity index is 2.35. The lowest BCUT2D eigenvalue weighted by atomic mass is 10.6. The Morgan fingerprint density at radius 1 is 1.60 bits per heavy atom. The molecule has 1 aliphatic rings. The molecule has 0 amide bonds. The Morgan fingerprint density at radius 3 is 3.30 bits per heavy atom. The molecular weight excluding hydrogens is 148 g/mol. The number of hydrogen-bond acceptors (Lipinski definition) is 4. The second-order valence-corrected chi connectivity index (χ2v) is 2.73. The molecule has 0 radical (unpaired) electrons. The van der Waals surface area contributed by atoms with Gasteiger partial charge in [-0.25, -0.2) is 0 Å². The van der Waals surface area contributed by atoms with Crippen molar-refractivity contribution in [2.75, 3.05) is 32.6 Å². The van der Waals surface area contributed by atoms with Gasteiger partial charge in [-0.1, -0.05) is 11.8 Å². The summed E-state index contributed by atoms with van der Waals surface area (Å²) in [5.74, 6) is 0. The molecule has 0 spiro atoms. The fourth-order valence-electron chi connectivity index (χ4n) is 0.737. The molecule has 58 valence electrons. The fraction of sp³-hybridized carbons (Fsp3) is 0.833. The van der Waals surface area contributed by atoms with E-state index in [1.54, 1.807) is 11.8 Å². The van der Waals surface area contributed by atoms with Crippen molar-refractivity contribution < 1.29 is 4.74 Å². The highest BCUT2D eigenvalue weighted by molar-refractivity contribution is 8.13. The highest BCUT2D eigenvalue weighted by atomic mass is 32.2. The van der Waals surface area contributed by atoms with Gasteiger partial charge in [0.05, 0.1) is 19.8 Å². The lowest BCUT2D eigenvalue weighted by Gasteiger charge is -2.11. The van der Waals surface area contributed by atoms with Crippen LogP contribution in [-0.2, 0) is 4.74 Å². The van der Waals surface area contributed by atoms with Gasteiger partial charge in [-0.15, -0.1) is 0 Å². The van der Waals surface area contributed by atoms with E-state index in [9.17, 15) is 0 Å². The molecule has 0 atom stereocenters. The highest BCUT2D eigenvalue weighted by Crippen LogP contribution is 1.95. The van der Waals surface area contributed by atoms with Crippen LogP contribution in [0.2, 0.25) is 0 Å². The third kappa shape index (κ3) is 2.58. The first-order valence-electron chi connectivity index (χ1n) is 3.33. The molecule has 0 unspecified atom stereocenters. The fourth-order valence-corrected chi connectivity index (χ4v) is 1.20. The topological polar surface area (TPSA) is 33.6 Å². The average Bonchev–Trinajstić information content (AvgIpc) is 1.87. The number of aliphatic imine (C=N–C) groups is 1. The maximum atomic E-state index is 5.19. The molecule has 0 fully saturated rings. The van der Waals surface area contributed by atoms with Gasteiger partial charge in [0.1, 0.15) is 0 Å². The number of nitrogens with one attached hydrogen (secondary N) is 1. The van der Waals surface area contributed by atoms with Crippen LogP contribution in [0.15, 0.2) is 4.99 Å². The summed E-state index contributed by atoms with van der Waals surface area (Å²) in [5, 5.41) is 4.19. The van der Waals surface area contributed by atoms with Gasteiger partial charge in [0.15, 0.2) is 5.17 Å². The minimum Gasteiger partial charge on any atom is -0.378 e. The van der Waals surface area contributed by atoms with Gasteiger partial charge in [0.2, 0.25) is 0 Å². The normalized spacial score (nSPS) is 20.3. The van der Waals surface area contributed by atoms with Crippen LogP contribution in [-0.4, -0.2) is 37.7 Å². The highest BCUT2D eigenvalue weighted by Gasteiger charge is 1.98. The minimum absolute atomic E-state index is 0.756. The zero-order valence-electron chi connectivity index (χ0n) is 6.09. The van der Waals surface area contributed by atoms with Crippen molar-refractivity contribution in [3.05, 3.63) is 0 Å². The molecular formula is C6H12N2OS. The van der Waals surface area contributed by atoms with Crippen LogP contribution in [0.3, 0.4) is 0 Å². The third-order valence-electron chi connectivity index (χ3n) is 1.21. The van der Waals surface area contributed by atoms with Crippen LogP contribution < -0.4 is 5.32 Å². The third-order valence-corrected chi connectivity index (χ3v) is 1.87. The molecule has 1 aliphatic heterocycles. The molecule has 0 bridgehead atoms. The molecule has 3 nitrogen and oxygen atoms in total. The molecule has 0 aromatic carbocycles. The second-order valence-electron chi connectivity index (χ2n) is 1.93. The Kier molecular flexibility index (Phi) is 3.60. The largest absolute Gasteiger partial charge is 0.378 e. The van der Waals surface area contributed by atoms with E-state index in [1.165, 1.54) is 0 Å². The van der Waals surface area contributed by atoms with Gasteiger partial charge in [-0.3, -0.25) is 4.99 Å². The van der Waals surface area contributed by atoms with Crippen LogP contribution in [0, 0.1) is 0 Å². The van der Waals surface area contributed by atoms with E-state index in [2.05, 4.69) is 10.3 Å². The lowest BCUT2D eigenvalue weighted by Crippen LogP contribution is -2.27. The van der Waals surface area contributed by atoms with Gasteiger partial charge in [-0.2, -0.15) is 0 Å². The van der Waals surface area contributed by atoms with E-state index in [0.717, 1.165) is 31.5 Å². The summed E-state index contributed by atoms with van der Waals surface area (Å²) >= 11 is 1.65. The molecule has 10 heavy (non-hydrogen) atoms. The van der Waals surface area contributed by atoms with Crippen molar-refractivity contribution in [3.63, 3.8) is 0 Å². The van der Waals surface area contributed by atoms with E-state index in [0.29, 0.717) is 0 Å². The number of hydrogen-bond donors (Lipinski definition) is 1. The maximum absolute atomic E-state index is 5.19. The minimum atomic E-state index is 0.756. The van der Waals surface area contributed by atoms with E-state index >= 15 is 0 Å². The molecule has 0 saturated heterocycles. The summed E-state index contributed by atoms with van der Waals surface area (Å²) in [7, 11) is 0. The molecule has 4 heteroatoms. The molecule has 1 rings (SSSR count). The van der Waals surface area contributed by atoms with Crippen molar-refractivity contribution in [1.82, 2.24) is 5.32 Å². The number of amidine groups is 1. The van der Waals surface area contributed by atoms with Gasteiger partial charge in [0.25, 0.3) is 0 Å². The Labute approximate surface area is 65.2 Å². The van der Waals surface area contributed by atoms with Gasteiger partial charge < -0.3 is 10.1 Å². The Hall–Kier alpha value is -0.220.